The molecule has 0 spiro atoms. The Morgan fingerprint density at radius 2 is 1.83 bits per heavy atom. The van der Waals surface area contributed by atoms with Gasteiger partial charge in [-0.25, -0.2) is 0 Å². The van der Waals surface area contributed by atoms with E-state index < -0.39 is 6.10 Å². The average Bonchev–Trinajstić information content (AvgIpc) is 3.13. The molecule has 0 aliphatic carbocycles. The third kappa shape index (κ3) is 4.53. The molecule has 0 saturated carbocycles. The standard InChI is InChI=1S/C23H28N2O3.ClH/c1-3-19-20-9-4-5-10-22(20)28-23(19)21(26)16-24-11-13-25(14-12-24)17-7-6-8-18(15-17)27-2;/h4-10,15,21,26H,3,11-14,16H2,1-2H3;1H. The molecule has 3 aromatic rings. The Hall–Kier alpha value is -2.21. The van der Waals surface area contributed by atoms with Crippen LogP contribution in [0, 0.1) is 0 Å². The molecule has 1 saturated heterocycles. The number of anilines is 1. The van der Waals surface area contributed by atoms with E-state index in [1.54, 1.807) is 7.11 Å². The average molecular weight is 417 g/mol. The van der Waals surface area contributed by atoms with Crippen molar-refractivity contribution in [3.63, 3.8) is 0 Å². The molecule has 29 heavy (non-hydrogen) atoms. The zero-order valence-corrected chi connectivity index (χ0v) is 17.8. The number of rotatable bonds is 6. The number of nitrogens with zero attached hydrogens (tertiary/aromatic N) is 2. The lowest BCUT2D eigenvalue weighted by Gasteiger charge is -2.36. The first-order chi connectivity index (χ1) is 13.7. The van der Waals surface area contributed by atoms with Crippen LogP contribution in [0.3, 0.4) is 0 Å². The van der Waals surface area contributed by atoms with E-state index >= 15 is 0 Å². The van der Waals surface area contributed by atoms with Crippen LogP contribution in [-0.4, -0.2) is 49.8 Å². The molecular formula is C23H29ClN2O3. The highest BCUT2D eigenvalue weighted by atomic mass is 35.5. The van der Waals surface area contributed by atoms with Crippen molar-refractivity contribution in [1.82, 2.24) is 4.90 Å². The Balaban J connectivity index is 0.00000240. The number of furan rings is 1. The zero-order chi connectivity index (χ0) is 19.5. The molecule has 0 radical (unpaired) electrons. The third-order valence-electron chi connectivity index (χ3n) is 5.61. The van der Waals surface area contributed by atoms with E-state index in [1.807, 2.05) is 30.3 Å². The van der Waals surface area contributed by atoms with Gasteiger partial charge in [0.05, 0.1) is 7.11 Å². The molecular weight excluding hydrogens is 388 g/mol. The minimum Gasteiger partial charge on any atom is -0.497 e. The molecule has 1 atom stereocenters. The van der Waals surface area contributed by atoms with Crippen molar-refractivity contribution in [1.29, 1.82) is 0 Å². The summed E-state index contributed by atoms with van der Waals surface area (Å²) in [5.41, 5.74) is 3.17. The van der Waals surface area contributed by atoms with Crippen LogP contribution in [0.25, 0.3) is 11.0 Å². The van der Waals surface area contributed by atoms with Crippen molar-refractivity contribution >= 4 is 29.1 Å². The highest BCUT2D eigenvalue weighted by Gasteiger charge is 2.24. The number of aryl methyl sites for hydroxylation is 1. The fourth-order valence-corrected chi connectivity index (χ4v) is 4.07. The lowest BCUT2D eigenvalue weighted by atomic mass is 10.1. The number of fused-ring (bicyclic) bond motifs is 1. The summed E-state index contributed by atoms with van der Waals surface area (Å²) < 4.78 is 11.3. The van der Waals surface area contributed by atoms with E-state index in [2.05, 4.69) is 34.9 Å². The third-order valence-corrected chi connectivity index (χ3v) is 5.61. The summed E-state index contributed by atoms with van der Waals surface area (Å²) in [7, 11) is 1.70. The maximum absolute atomic E-state index is 10.9. The van der Waals surface area contributed by atoms with Gasteiger partial charge in [-0.2, -0.15) is 0 Å². The Bertz CT molecular complexity index is 935. The predicted octanol–water partition coefficient (Wildman–Crippen LogP) is 4.28. The van der Waals surface area contributed by atoms with Gasteiger partial charge in [0, 0.05) is 55.4 Å². The summed E-state index contributed by atoms with van der Waals surface area (Å²) in [5, 5.41) is 12.0. The van der Waals surface area contributed by atoms with E-state index in [-0.39, 0.29) is 12.4 Å². The Kier molecular flexibility index (Phi) is 7.06. The summed E-state index contributed by atoms with van der Waals surface area (Å²) in [5.74, 6) is 1.60. The van der Waals surface area contributed by atoms with Crippen LogP contribution in [-0.2, 0) is 6.42 Å². The van der Waals surface area contributed by atoms with Crippen LogP contribution < -0.4 is 9.64 Å². The molecule has 0 bridgehead atoms. The van der Waals surface area contributed by atoms with E-state index in [0.717, 1.165) is 60.6 Å². The van der Waals surface area contributed by atoms with Gasteiger partial charge in [0.1, 0.15) is 23.2 Å². The molecule has 1 aromatic heterocycles. The maximum atomic E-state index is 10.9. The molecule has 5 nitrogen and oxygen atoms in total. The second kappa shape index (κ2) is 9.53. The number of aliphatic hydroxyl groups excluding tert-OH is 1. The van der Waals surface area contributed by atoms with E-state index in [4.69, 9.17) is 9.15 Å². The zero-order valence-electron chi connectivity index (χ0n) is 17.0. The summed E-state index contributed by atoms with van der Waals surface area (Å²) in [6.45, 7) is 6.40. The van der Waals surface area contributed by atoms with Gasteiger partial charge in [-0.3, -0.25) is 4.90 Å². The van der Waals surface area contributed by atoms with Gasteiger partial charge in [0.25, 0.3) is 0 Å². The number of para-hydroxylation sites is 1. The van der Waals surface area contributed by atoms with Crippen molar-refractivity contribution in [3.05, 3.63) is 59.9 Å². The van der Waals surface area contributed by atoms with Crippen molar-refractivity contribution < 1.29 is 14.3 Å². The SMILES string of the molecule is CCc1c(C(O)CN2CCN(c3cccc(OC)c3)CC2)oc2ccccc12.Cl. The van der Waals surface area contributed by atoms with Crippen LogP contribution in [0.2, 0.25) is 0 Å². The van der Waals surface area contributed by atoms with Gasteiger partial charge in [-0.05, 0) is 24.6 Å². The monoisotopic (exact) mass is 416 g/mol. The summed E-state index contributed by atoms with van der Waals surface area (Å²) in [6.07, 6.45) is 0.248. The van der Waals surface area contributed by atoms with Crippen LogP contribution in [0.15, 0.2) is 52.9 Å². The van der Waals surface area contributed by atoms with Crippen molar-refractivity contribution in [3.8, 4) is 5.75 Å². The molecule has 156 valence electrons. The normalized spacial score (nSPS) is 15.9. The van der Waals surface area contributed by atoms with Gasteiger partial charge in [0.2, 0.25) is 0 Å². The number of β-amino-alcohol motifs (C(OH)–C–C–N with tert-alkyl or cyclic N) is 1. The van der Waals surface area contributed by atoms with Gasteiger partial charge >= 0.3 is 0 Å². The number of ether oxygens (including phenoxy) is 1. The Morgan fingerprint density at radius 1 is 1.07 bits per heavy atom. The molecule has 0 amide bonds. The van der Waals surface area contributed by atoms with E-state index in [9.17, 15) is 5.11 Å². The van der Waals surface area contributed by atoms with Crippen molar-refractivity contribution in [2.24, 2.45) is 0 Å². The van der Waals surface area contributed by atoms with Crippen molar-refractivity contribution in [2.75, 3.05) is 44.7 Å². The first-order valence-corrected chi connectivity index (χ1v) is 9.99. The largest absolute Gasteiger partial charge is 0.497 e. The van der Waals surface area contributed by atoms with Crippen LogP contribution >= 0.6 is 12.4 Å². The number of methoxy groups -OCH3 is 1. The molecule has 2 heterocycles. The Morgan fingerprint density at radius 3 is 2.55 bits per heavy atom. The van der Waals surface area contributed by atoms with Gasteiger partial charge in [-0.15, -0.1) is 12.4 Å². The van der Waals surface area contributed by atoms with Crippen LogP contribution in [0.1, 0.15) is 24.4 Å². The quantitative estimate of drug-likeness (QED) is 0.649. The lowest BCUT2D eigenvalue weighted by Crippen LogP contribution is -2.47. The number of hydrogen-bond acceptors (Lipinski definition) is 5. The first kappa shape index (κ1) is 21.5. The molecule has 1 N–H and O–H groups in total. The van der Waals surface area contributed by atoms with Crippen LogP contribution in [0.4, 0.5) is 5.69 Å². The molecule has 6 heteroatoms. The van der Waals surface area contributed by atoms with E-state index in [1.165, 1.54) is 5.69 Å². The fourth-order valence-electron chi connectivity index (χ4n) is 4.07. The molecule has 2 aromatic carbocycles. The van der Waals surface area contributed by atoms with Gasteiger partial charge < -0.3 is 19.2 Å². The number of aliphatic hydroxyl groups is 1. The number of piperazine rings is 1. The second-order valence-corrected chi connectivity index (χ2v) is 7.30. The molecule has 1 aliphatic rings. The number of halogens is 1. The number of benzene rings is 2. The summed E-state index contributed by atoms with van der Waals surface area (Å²) in [6, 6.07) is 16.2. The summed E-state index contributed by atoms with van der Waals surface area (Å²) >= 11 is 0. The summed E-state index contributed by atoms with van der Waals surface area (Å²) in [4.78, 5) is 4.68. The molecule has 1 unspecified atom stereocenters. The molecule has 1 fully saturated rings. The highest BCUT2D eigenvalue weighted by Crippen LogP contribution is 2.31. The molecule has 1 aliphatic heterocycles. The first-order valence-electron chi connectivity index (χ1n) is 9.99. The second-order valence-electron chi connectivity index (χ2n) is 7.30. The Labute approximate surface area is 178 Å². The van der Waals surface area contributed by atoms with Gasteiger partial charge in [-0.1, -0.05) is 31.2 Å². The minimum atomic E-state index is -0.606. The molecule has 4 rings (SSSR count). The number of hydrogen-bond donors (Lipinski definition) is 1. The van der Waals surface area contributed by atoms with Crippen molar-refractivity contribution in [2.45, 2.75) is 19.4 Å². The van der Waals surface area contributed by atoms with Gasteiger partial charge in [0.15, 0.2) is 0 Å². The highest BCUT2D eigenvalue weighted by molar-refractivity contribution is 5.85. The smallest absolute Gasteiger partial charge is 0.138 e. The lowest BCUT2D eigenvalue weighted by molar-refractivity contribution is 0.0921. The predicted molar refractivity (Wildman–Crippen MR) is 119 cm³/mol. The minimum absolute atomic E-state index is 0. The topological polar surface area (TPSA) is 49.1 Å². The maximum Gasteiger partial charge on any atom is 0.138 e. The van der Waals surface area contributed by atoms with Crippen LogP contribution in [0.5, 0.6) is 5.75 Å². The fraction of sp³-hybridized carbons (Fsp3) is 0.391. The van der Waals surface area contributed by atoms with E-state index in [0.29, 0.717) is 6.54 Å².